The summed E-state index contributed by atoms with van der Waals surface area (Å²) in [4.78, 5) is 23.5. The summed E-state index contributed by atoms with van der Waals surface area (Å²) in [7, 11) is 0. The molecule has 0 aromatic heterocycles. The van der Waals surface area contributed by atoms with E-state index in [0.29, 0.717) is 12.8 Å². The molecule has 1 aliphatic rings. The van der Waals surface area contributed by atoms with Crippen molar-refractivity contribution in [2.45, 2.75) is 25.4 Å². The predicted octanol–water partition coefficient (Wildman–Crippen LogP) is 1.45. The number of nitrogens with one attached hydrogen (secondary N) is 1. The molecule has 0 spiro atoms. The molecular formula is C12H15F3N2O3. The number of rotatable bonds is 4. The lowest BCUT2D eigenvalue weighted by molar-refractivity contribution is -0.226. The van der Waals surface area contributed by atoms with Gasteiger partial charge in [0.05, 0.1) is 0 Å². The lowest BCUT2D eigenvalue weighted by atomic mass is 9.86. The van der Waals surface area contributed by atoms with E-state index in [2.05, 4.69) is 11.2 Å². The molecular weight excluding hydrogens is 277 g/mol. The van der Waals surface area contributed by atoms with Crippen molar-refractivity contribution in [1.82, 2.24) is 10.2 Å². The van der Waals surface area contributed by atoms with Crippen LogP contribution in [0.5, 0.6) is 0 Å². The number of halogens is 3. The molecule has 2 amide bonds. The molecule has 0 saturated carbocycles. The van der Waals surface area contributed by atoms with Gasteiger partial charge in [0.25, 0.3) is 0 Å². The Labute approximate surface area is 114 Å². The van der Waals surface area contributed by atoms with Crippen LogP contribution in [0.2, 0.25) is 0 Å². The zero-order chi connectivity index (χ0) is 15.4. The Hall–Kier alpha value is -1.91. The number of carbonyl (C=O) groups is 2. The molecule has 0 aliphatic carbocycles. The molecule has 1 atom stereocenters. The Bertz CT molecular complexity index is 431. The van der Waals surface area contributed by atoms with E-state index in [4.69, 9.17) is 11.5 Å². The monoisotopic (exact) mass is 292 g/mol. The van der Waals surface area contributed by atoms with Crippen LogP contribution in [0.4, 0.5) is 18.0 Å². The van der Waals surface area contributed by atoms with Crippen molar-refractivity contribution >= 4 is 12.0 Å². The summed E-state index contributed by atoms with van der Waals surface area (Å²) in [5, 5.41) is 11.3. The van der Waals surface area contributed by atoms with Crippen molar-refractivity contribution in [1.29, 1.82) is 0 Å². The number of carboxylic acids is 1. The molecule has 1 saturated heterocycles. The van der Waals surface area contributed by atoms with Crippen LogP contribution in [-0.2, 0) is 4.79 Å². The third-order valence-electron chi connectivity index (χ3n) is 3.28. The van der Waals surface area contributed by atoms with Crippen molar-refractivity contribution in [3.63, 3.8) is 0 Å². The molecule has 0 bridgehead atoms. The Morgan fingerprint density at radius 1 is 1.45 bits per heavy atom. The molecule has 1 rings (SSSR count). The highest BCUT2D eigenvalue weighted by Gasteiger charge is 2.64. The molecule has 1 heterocycles. The van der Waals surface area contributed by atoms with Gasteiger partial charge < -0.3 is 15.3 Å². The summed E-state index contributed by atoms with van der Waals surface area (Å²) < 4.78 is 38.7. The predicted molar refractivity (Wildman–Crippen MR) is 63.8 cm³/mol. The van der Waals surface area contributed by atoms with Crippen LogP contribution in [-0.4, -0.2) is 47.8 Å². The first-order chi connectivity index (χ1) is 9.24. The fourth-order valence-electron chi connectivity index (χ4n) is 2.01. The van der Waals surface area contributed by atoms with Crippen molar-refractivity contribution in [2.75, 3.05) is 19.6 Å². The number of hydrogen-bond acceptors (Lipinski definition) is 2. The third kappa shape index (κ3) is 3.15. The van der Waals surface area contributed by atoms with Crippen LogP contribution in [0.3, 0.4) is 0 Å². The van der Waals surface area contributed by atoms with E-state index in [1.807, 2.05) is 0 Å². The first kappa shape index (κ1) is 16.1. The van der Waals surface area contributed by atoms with Gasteiger partial charge in [-0.15, -0.1) is 12.3 Å². The Kier molecular flexibility index (Phi) is 4.87. The minimum atomic E-state index is -4.89. The Morgan fingerprint density at radius 3 is 2.55 bits per heavy atom. The Morgan fingerprint density at radius 2 is 2.10 bits per heavy atom. The summed E-state index contributed by atoms with van der Waals surface area (Å²) in [6.07, 6.45) is 0.454. The largest absolute Gasteiger partial charge is 0.481 e. The van der Waals surface area contributed by atoms with E-state index in [-0.39, 0.29) is 13.1 Å². The van der Waals surface area contributed by atoms with Gasteiger partial charge in [-0.1, -0.05) is 0 Å². The highest BCUT2D eigenvalue weighted by Crippen LogP contribution is 2.45. The second kappa shape index (κ2) is 6.03. The molecule has 8 heteroatoms. The van der Waals surface area contributed by atoms with Crippen LogP contribution in [0.25, 0.3) is 0 Å². The van der Waals surface area contributed by atoms with Gasteiger partial charge >= 0.3 is 18.2 Å². The quantitative estimate of drug-likeness (QED) is 0.608. The highest BCUT2D eigenvalue weighted by molar-refractivity contribution is 5.80. The maximum absolute atomic E-state index is 12.9. The number of nitrogens with zero attached hydrogens (tertiary/aromatic N) is 1. The third-order valence-corrected chi connectivity index (χ3v) is 3.28. The summed E-state index contributed by atoms with van der Waals surface area (Å²) in [5.41, 5.74) is -2.87. The van der Waals surface area contributed by atoms with Crippen LogP contribution in [0, 0.1) is 17.8 Å². The summed E-state index contributed by atoms with van der Waals surface area (Å²) >= 11 is 0. The van der Waals surface area contributed by atoms with Gasteiger partial charge in [0.15, 0.2) is 5.41 Å². The van der Waals surface area contributed by atoms with E-state index < -0.39 is 36.6 Å². The molecule has 112 valence electrons. The van der Waals surface area contributed by atoms with Crippen molar-refractivity contribution in [3.8, 4) is 12.3 Å². The number of carboxylic acid groups (broad SMARTS) is 1. The number of terminal acetylenes is 1. The minimum Gasteiger partial charge on any atom is -0.481 e. The van der Waals surface area contributed by atoms with Crippen LogP contribution in [0.15, 0.2) is 0 Å². The van der Waals surface area contributed by atoms with E-state index in [1.165, 1.54) is 0 Å². The van der Waals surface area contributed by atoms with Crippen molar-refractivity contribution < 1.29 is 27.9 Å². The molecule has 1 aliphatic heterocycles. The van der Waals surface area contributed by atoms with Gasteiger partial charge in [-0.3, -0.25) is 4.79 Å². The van der Waals surface area contributed by atoms with Gasteiger partial charge in [-0.2, -0.15) is 13.2 Å². The first-order valence-corrected chi connectivity index (χ1v) is 6.01. The maximum Gasteiger partial charge on any atom is 0.406 e. The average molecular weight is 292 g/mol. The fourth-order valence-corrected chi connectivity index (χ4v) is 2.01. The average Bonchev–Trinajstić information content (AvgIpc) is 2.80. The first-order valence-electron chi connectivity index (χ1n) is 6.01. The van der Waals surface area contributed by atoms with E-state index in [1.54, 1.807) is 0 Å². The summed E-state index contributed by atoms with van der Waals surface area (Å²) in [6.45, 7) is -0.870. The van der Waals surface area contributed by atoms with Gasteiger partial charge in [0, 0.05) is 26.1 Å². The standard InChI is InChI=1S/C12H15F3N2O3/c1-2-3-4-6-16-10(20)17-7-5-11(8-17,9(18)19)12(13,14)15/h1H,3-8H2,(H,16,20)(H,18,19). The van der Waals surface area contributed by atoms with E-state index >= 15 is 0 Å². The molecule has 20 heavy (non-hydrogen) atoms. The number of hydrogen-bond donors (Lipinski definition) is 2. The number of likely N-dealkylation sites (tertiary alicyclic amines) is 1. The van der Waals surface area contributed by atoms with Crippen LogP contribution >= 0.6 is 0 Å². The van der Waals surface area contributed by atoms with Crippen molar-refractivity contribution in [2.24, 2.45) is 5.41 Å². The second-order valence-electron chi connectivity index (χ2n) is 4.60. The van der Waals surface area contributed by atoms with Crippen molar-refractivity contribution in [3.05, 3.63) is 0 Å². The summed E-state index contributed by atoms with van der Waals surface area (Å²) in [6, 6.07) is -0.700. The molecule has 0 aromatic carbocycles. The second-order valence-corrected chi connectivity index (χ2v) is 4.60. The van der Waals surface area contributed by atoms with Crippen LogP contribution < -0.4 is 5.32 Å². The lowest BCUT2D eigenvalue weighted by Gasteiger charge is -2.27. The van der Waals surface area contributed by atoms with Gasteiger partial charge in [-0.25, -0.2) is 4.79 Å². The molecule has 0 radical (unpaired) electrons. The SMILES string of the molecule is C#CCCCNC(=O)N1CCC(C(=O)O)(C(F)(F)F)C1. The molecule has 5 nitrogen and oxygen atoms in total. The number of urea groups is 1. The van der Waals surface area contributed by atoms with Crippen LogP contribution in [0.1, 0.15) is 19.3 Å². The fraction of sp³-hybridized carbons (Fsp3) is 0.667. The normalized spacial score (nSPS) is 22.4. The number of carbonyl (C=O) groups excluding carboxylic acids is 1. The maximum atomic E-state index is 12.9. The number of unbranched alkanes of at least 4 members (excludes halogenated alkanes) is 1. The molecule has 2 N–H and O–H groups in total. The Balaban J connectivity index is 2.63. The molecule has 0 aromatic rings. The van der Waals surface area contributed by atoms with Gasteiger partial charge in [0.1, 0.15) is 0 Å². The number of aliphatic carboxylic acids is 1. The number of amides is 2. The van der Waals surface area contributed by atoms with Gasteiger partial charge in [-0.05, 0) is 12.8 Å². The molecule has 1 fully saturated rings. The van der Waals surface area contributed by atoms with Gasteiger partial charge in [0.2, 0.25) is 0 Å². The summed E-state index contributed by atoms with van der Waals surface area (Å²) in [5.74, 6) is 0.416. The topological polar surface area (TPSA) is 69.6 Å². The van der Waals surface area contributed by atoms with E-state index in [9.17, 15) is 22.8 Å². The zero-order valence-electron chi connectivity index (χ0n) is 10.7. The molecule has 1 unspecified atom stereocenters. The van der Waals surface area contributed by atoms with E-state index in [0.717, 1.165) is 4.90 Å². The number of alkyl halides is 3. The smallest absolute Gasteiger partial charge is 0.406 e. The minimum absolute atomic E-state index is 0.242. The lowest BCUT2D eigenvalue weighted by Crippen LogP contribution is -2.49. The highest BCUT2D eigenvalue weighted by atomic mass is 19.4. The zero-order valence-corrected chi connectivity index (χ0v) is 10.7.